The van der Waals surface area contributed by atoms with Gasteiger partial charge in [-0.3, -0.25) is 0 Å². The number of thiophene rings is 1. The number of hydrogen-bond donors (Lipinski definition) is 1. The quantitative estimate of drug-likeness (QED) is 0.731. The molecule has 0 bridgehead atoms. The van der Waals surface area contributed by atoms with Crippen LogP contribution in [0.4, 0.5) is 0 Å². The zero-order chi connectivity index (χ0) is 12.0. The van der Waals surface area contributed by atoms with E-state index in [0.29, 0.717) is 6.04 Å². The maximum atomic E-state index is 5.21. The van der Waals surface area contributed by atoms with Crippen molar-refractivity contribution in [2.75, 3.05) is 13.7 Å². The van der Waals surface area contributed by atoms with Crippen molar-refractivity contribution in [3.05, 3.63) is 28.5 Å². The Hall–Kier alpha value is -0.800. The van der Waals surface area contributed by atoms with E-state index in [2.05, 4.69) is 31.8 Å². The number of methoxy groups -OCH3 is 1. The summed E-state index contributed by atoms with van der Waals surface area (Å²) in [4.78, 5) is 1.33. The molecule has 0 amide bonds. The highest BCUT2D eigenvalue weighted by molar-refractivity contribution is 7.10. The minimum Gasteiger partial charge on any atom is -0.496 e. The predicted octanol–water partition coefficient (Wildman–Crippen LogP) is 3.76. The molecule has 0 radical (unpaired) electrons. The average Bonchev–Trinajstić information content (AvgIpc) is 2.72. The molecule has 1 atom stereocenters. The molecule has 0 spiro atoms. The predicted molar refractivity (Wildman–Crippen MR) is 71.3 cm³/mol. The lowest BCUT2D eigenvalue weighted by atomic mass is 10.1. The van der Waals surface area contributed by atoms with Crippen molar-refractivity contribution < 1.29 is 4.74 Å². The zero-order valence-electron chi connectivity index (χ0n) is 10.4. The Morgan fingerprint density at radius 2 is 2.38 bits per heavy atom. The van der Waals surface area contributed by atoms with Crippen LogP contribution in [0.1, 0.15) is 37.6 Å². The lowest BCUT2D eigenvalue weighted by molar-refractivity contribution is 0.415. The first-order valence-electron chi connectivity index (χ1n) is 5.67. The Bertz CT molecular complexity index is 332. The topological polar surface area (TPSA) is 21.3 Å². The van der Waals surface area contributed by atoms with Gasteiger partial charge in [0.2, 0.25) is 0 Å². The van der Waals surface area contributed by atoms with E-state index < -0.39 is 0 Å². The van der Waals surface area contributed by atoms with Crippen LogP contribution in [0, 0.1) is 0 Å². The summed E-state index contributed by atoms with van der Waals surface area (Å²) in [6.45, 7) is 9.28. The summed E-state index contributed by atoms with van der Waals surface area (Å²) in [5.74, 6) is 0.949. The SMILES string of the molecule is C=C(C)CC(NCCC)c1cc(OC)cs1. The van der Waals surface area contributed by atoms with Crippen molar-refractivity contribution in [2.24, 2.45) is 0 Å². The second-order valence-corrected chi connectivity index (χ2v) is 5.00. The van der Waals surface area contributed by atoms with Crippen LogP contribution in [0.3, 0.4) is 0 Å². The minimum atomic E-state index is 0.381. The van der Waals surface area contributed by atoms with Crippen LogP contribution in [0.25, 0.3) is 0 Å². The third-order valence-electron chi connectivity index (χ3n) is 2.37. The molecule has 1 aromatic heterocycles. The van der Waals surface area contributed by atoms with Gasteiger partial charge in [0.25, 0.3) is 0 Å². The molecule has 0 aliphatic heterocycles. The third kappa shape index (κ3) is 3.99. The van der Waals surface area contributed by atoms with E-state index >= 15 is 0 Å². The number of hydrogen-bond acceptors (Lipinski definition) is 3. The Labute approximate surface area is 102 Å². The van der Waals surface area contributed by atoms with Gasteiger partial charge >= 0.3 is 0 Å². The van der Waals surface area contributed by atoms with Crippen LogP contribution >= 0.6 is 11.3 Å². The molecule has 1 aromatic rings. The molecule has 2 nitrogen and oxygen atoms in total. The average molecular weight is 239 g/mol. The highest BCUT2D eigenvalue weighted by Crippen LogP contribution is 2.30. The summed E-state index contributed by atoms with van der Waals surface area (Å²) < 4.78 is 5.21. The summed E-state index contributed by atoms with van der Waals surface area (Å²) in [6.07, 6.45) is 2.14. The van der Waals surface area contributed by atoms with Gasteiger partial charge in [-0.1, -0.05) is 12.5 Å². The fourth-order valence-corrected chi connectivity index (χ4v) is 2.50. The molecule has 1 N–H and O–H groups in total. The molecule has 1 rings (SSSR count). The maximum absolute atomic E-state index is 5.21. The van der Waals surface area contributed by atoms with Gasteiger partial charge in [0.1, 0.15) is 5.75 Å². The van der Waals surface area contributed by atoms with Crippen molar-refractivity contribution in [3.8, 4) is 5.75 Å². The van der Waals surface area contributed by atoms with E-state index in [0.717, 1.165) is 25.1 Å². The molecule has 3 heteroatoms. The molecule has 0 fully saturated rings. The lowest BCUT2D eigenvalue weighted by Gasteiger charge is -2.16. The fraction of sp³-hybridized carbons (Fsp3) is 0.538. The largest absolute Gasteiger partial charge is 0.496 e. The van der Waals surface area contributed by atoms with Gasteiger partial charge in [0.05, 0.1) is 7.11 Å². The second-order valence-electron chi connectivity index (χ2n) is 4.06. The first-order valence-corrected chi connectivity index (χ1v) is 6.55. The van der Waals surface area contributed by atoms with Gasteiger partial charge in [-0.05, 0) is 32.4 Å². The zero-order valence-corrected chi connectivity index (χ0v) is 11.2. The number of ether oxygens (including phenoxy) is 1. The van der Waals surface area contributed by atoms with Gasteiger partial charge in [0, 0.05) is 16.3 Å². The van der Waals surface area contributed by atoms with Gasteiger partial charge in [-0.2, -0.15) is 0 Å². The van der Waals surface area contributed by atoms with E-state index in [4.69, 9.17) is 4.74 Å². The molecule has 0 saturated heterocycles. The Morgan fingerprint density at radius 3 is 2.88 bits per heavy atom. The fourth-order valence-electron chi connectivity index (χ4n) is 1.56. The molecule has 0 aromatic carbocycles. The van der Waals surface area contributed by atoms with Gasteiger partial charge in [-0.25, -0.2) is 0 Å². The summed E-state index contributed by atoms with van der Waals surface area (Å²) in [6, 6.07) is 2.49. The first kappa shape index (κ1) is 13.3. The van der Waals surface area contributed by atoms with E-state index in [-0.39, 0.29) is 0 Å². The van der Waals surface area contributed by atoms with E-state index in [1.54, 1.807) is 18.4 Å². The van der Waals surface area contributed by atoms with Crippen LogP contribution in [0.5, 0.6) is 5.75 Å². The smallest absolute Gasteiger partial charge is 0.129 e. The van der Waals surface area contributed by atoms with Crippen LogP contribution in [-0.4, -0.2) is 13.7 Å². The molecule has 1 heterocycles. The van der Waals surface area contributed by atoms with Crippen LogP contribution in [0.15, 0.2) is 23.6 Å². The Kier molecular flexibility index (Phi) is 5.56. The van der Waals surface area contributed by atoms with Crippen LogP contribution < -0.4 is 10.1 Å². The van der Waals surface area contributed by atoms with E-state index in [9.17, 15) is 0 Å². The molecule has 1 unspecified atom stereocenters. The Morgan fingerprint density at radius 1 is 1.62 bits per heavy atom. The maximum Gasteiger partial charge on any atom is 0.129 e. The Balaban J connectivity index is 2.69. The summed E-state index contributed by atoms with van der Waals surface area (Å²) in [7, 11) is 1.71. The minimum absolute atomic E-state index is 0.381. The first-order chi connectivity index (χ1) is 7.67. The van der Waals surface area contributed by atoms with Gasteiger partial charge in [-0.15, -0.1) is 17.9 Å². The third-order valence-corrected chi connectivity index (χ3v) is 3.39. The number of rotatable bonds is 7. The summed E-state index contributed by atoms with van der Waals surface area (Å²) in [5, 5.41) is 5.60. The van der Waals surface area contributed by atoms with E-state index in [1.165, 1.54) is 10.5 Å². The van der Waals surface area contributed by atoms with Crippen LogP contribution in [0.2, 0.25) is 0 Å². The van der Waals surface area contributed by atoms with Gasteiger partial charge in [0.15, 0.2) is 0 Å². The normalized spacial score (nSPS) is 12.4. The van der Waals surface area contributed by atoms with Crippen LogP contribution in [-0.2, 0) is 0 Å². The monoisotopic (exact) mass is 239 g/mol. The highest BCUT2D eigenvalue weighted by Gasteiger charge is 2.13. The molecular formula is C13H21NOS. The molecule has 0 aliphatic carbocycles. The van der Waals surface area contributed by atoms with E-state index in [1.807, 2.05) is 5.38 Å². The molecule has 0 saturated carbocycles. The standard InChI is InChI=1S/C13H21NOS/c1-5-6-14-12(7-10(2)3)13-8-11(15-4)9-16-13/h8-9,12,14H,2,5-7H2,1,3-4H3. The van der Waals surface area contributed by atoms with Crippen molar-refractivity contribution in [1.29, 1.82) is 0 Å². The molecule has 90 valence electrons. The molecular weight excluding hydrogens is 218 g/mol. The second kappa shape index (κ2) is 6.71. The van der Waals surface area contributed by atoms with Crippen molar-refractivity contribution in [3.63, 3.8) is 0 Å². The molecule has 16 heavy (non-hydrogen) atoms. The summed E-state index contributed by atoms with van der Waals surface area (Å²) in [5.41, 5.74) is 1.21. The van der Waals surface area contributed by atoms with Crippen molar-refractivity contribution in [1.82, 2.24) is 5.32 Å². The molecule has 0 aliphatic rings. The lowest BCUT2D eigenvalue weighted by Crippen LogP contribution is -2.21. The van der Waals surface area contributed by atoms with Crippen molar-refractivity contribution >= 4 is 11.3 Å². The highest BCUT2D eigenvalue weighted by atomic mass is 32.1. The summed E-state index contributed by atoms with van der Waals surface area (Å²) >= 11 is 1.75. The van der Waals surface area contributed by atoms with Crippen molar-refractivity contribution in [2.45, 2.75) is 32.7 Å². The number of nitrogens with one attached hydrogen (secondary N) is 1. The van der Waals surface area contributed by atoms with Gasteiger partial charge < -0.3 is 10.1 Å².